The molecule has 0 amide bonds. The Balaban J connectivity index is 1.90. The number of oxime groups is 1. The Morgan fingerprint density at radius 1 is 1.45 bits per heavy atom. The number of pyridine rings is 1. The van der Waals surface area contributed by atoms with Gasteiger partial charge in [0.05, 0.1) is 12.7 Å². The van der Waals surface area contributed by atoms with Crippen LogP contribution >= 0.6 is 0 Å². The van der Waals surface area contributed by atoms with Crippen LogP contribution in [0.2, 0.25) is 0 Å². The summed E-state index contributed by atoms with van der Waals surface area (Å²) in [5.41, 5.74) is 6.91. The van der Waals surface area contributed by atoms with Crippen LogP contribution in [0.15, 0.2) is 34.1 Å². The van der Waals surface area contributed by atoms with E-state index >= 15 is 0 Å². The Kier molecular flexibility index (Phi) is 4.67. The lowest BCUT2D eigenvalue weighted by Crippen LogP contribution is -2.17. The minimum atomic E-state index is -0.00728. The van der Waals surface area contributed by atoms with Crippen molar-refractivity contribution in [2.75, 3.05) is 0 Å². The van der Waals surface area contributed by atoms with Gasteiger partial charge in [0.1, 0.15) is 11.5 Å². The molecule has 0 aliphatic heterocycles. The third-order valence-electron chi connectivity index (χ3n) is 2.75. The predicted molar refractivity (Wildman–Crippen MR) is 73.2 cm³/mol. The summed E-state index contributed by atoms with van der Waals surface area (Å²) in [5.74, 6) is 1.53. The number of aromatic nitrogens is 2. The molecule has 7 heteroatoms. The molecule has 0 aromatic carbocycles. The highest BCUT2D eigenvalue weighted by Crippen LogP contribution is 2.05. The Bertz CT molecular complexity index is 594. The molecular formula is C13H17N5O2. The van der Waals surface area contributed by atoms with Crippen LogP contribution in [0.1, 0.15) is 29.8 Å². The average molecular weight is 275 g/mol. The van der Waals surface area contributed by atoms with Crippen LogP contribution < -0.4 is 11.1 Å². The highest BCUT2D eigenvalue weighted by molar-refractivity contribution is 5.95. The van der Waals surface area contributed by atoms with Gasteiger partial charge in [-0.05, 0) is 17.7 Å². The number of amidine groups is 1. The zero-order valence-corrected chi connectivity index (χ0v) is 11.2. The zero-order chi connectivity index (χ0) is 14.4. The van der Waals surface area contributed by atoms with Gasteiger partial charge in [-0.15, -0.1) is 0 Å². The highest BCUT2D eigenvalue weighted by Gasteiger charge is 2.04. The molecule has 20 heavy (non-hydrogen) atoms. The molecule has 0 aliphatic carbocycles. The van der Waals surface area contributed by atoms with E-state index < -0.39 is 0 Å². The van der Waals surface area contributed by atoms with Crippen molar-refractivity contribution in [1.29, 1.82) is 0 Å². The van der Waals surface area contributed by atoms with E-state index in [1.54, 1.807) is 18.5 Å². The largest absolute Gasteiger partial charge is 0.444 e. The van der Waals surface area contributed by atoms with Gasteiger partial charge in [-0.25, -0.2) is 4.98 Å². The topological polar surface area (TPSA) is 110 Å². The molecule has 0 atom stereocenters. The second kappa shape index (κ2) is 6.67. The molecule has 0 saturated carbocycles. The van der Waals surface area contributed by atoms with E-state index in [1.165, 1.54) is 0 Å². The Hall–Kier alpha value is -2.41. The molecule has 7 nitrogen and oxygen atoms in total. The smallest absolute Gasteiger partial charge is 0.208 e. The van der Waals surface area contributed by atoms with Crippen LogP contribution in [0.25, 0.3) is 0 Å². The molecule has 2 heterocycles. The van der Waals surface area contributed by atoms with Gasteiger partial charge in [-0.3, -0.25) is 4.98 Å². The summed E-state index contributed by atoms with van der Waals surface area (Å²) >= 11 is 0. The van der Waals surface area contributed by atoms with Crippen LogP contribution in [0.4, 0.5) is 0 Å². The van der Waals surface area contributed by atoms with Gasteiger partial charge in [0, 0.05) is 19.2 Å². The van der Waals surface area contributed by atoms with Crippen molar-refractivity contribution < 1.29 is 9.62 Å². The Labute approximate surface area is 116 Å². The molecule has 4 N–H and O–H groups in total. The summed E-state index contributed by atoms with van der Waals surface area (Å²) in [7, 11) is 0. The first-order chi connectivity index (χ1) is 9.72. The van der Waals surface area contributed by atoms with Crippen molar-refractivity contribution in [2.24, 2.45) is 10.9 Å². The number of oxazole rings is 1. The molecule has 0 saturated heterocycles. The lowest BCUT2D eigenvalue weighted by molar-refractivity contribution is 0.318. The second-order valence-corrected chi connectivity index (χ2v) is 4.21. The van der Waals surface area contributed by atoms with Crippen LogP contribution in [0.5, 0.6) is 0 Å². The monoisotopic (exact) mass is 275 g/mol. The van der Waals surface area contributed by atoms with Crippen LogP contribution in [-0.4, -0.2) is 21.0 Å². The summed E-state index contributed by atoms with van der Waals surface area (Å²) in [6, 6.07) is 3.61. The Morgan fingerprint density at radius 2 is 2.30 bits per heavy atom. The molecule has 2 aromatic heterocycles. The summed E-state index contributed by atoms with van der Waals surface area (Å²) < 4.78 is 5.49. The normalized spacial score (nSPS) is 11.8. The van der Waals surface area contributed by atoms with Crippen molar-refractivity contribution in [1.82, 2.24) is 15.3 Å². The SMILES string of the molecule is CCc1cnc(CNCc2ccnc(/C(N)=N/O)c2)o1. The number of rotatable bonds is 6. The molecule has 0 aliphatic rings. The fourth-order valence-corrected chi connectivity index (χ4v) is 1.68. The number of nitrogens with zero attached hydrogens (tertiary/aromatic N) is 3. The lowest BCUT2D eigenvalue weighted by Gasteiger charge is -2.04. The van der Waals surface area contributed by atoms with E-state index in [0.717, 1.165) is 17.7 Å². The van der Waals surface area contributed by atoms with E-state index in [-0.39, 0.29) is 5.84 Å². The number of hydrogen-bond donors (Lipinski definition) is 3. The molecule has 2 rings (SSSR count). The molecule has 0 spiro atoms. The van der Waals surface area contributed by atoms with Gasteiger partial charge in [-0.1, -0.05) is 12.1 Å². The van der Waals surface area contributed by atoms with E-state index in [2.05, 4.69) is 20.4 Å². The maximum absolute atomic E-state index is 8.62. The summed E-state index contributed by atoms with van der Waals surface area (Å²) in [6.45, 7) is 3.17. The van der Waals surface area contributed by atoms with Gasteiger partial charge in [0.25, 0.3) is 0 Å². The Morgan fingerprint density at radius 3 is 3.00 bits per heavy atom. The summed E-state index contributed by atoms with van der Waals surface area (Å²) in [4.78, 5) is 8.18. The fraction of sp³-hybridized carbons (Fsp3) is 0.308. The second-order valence-electron chi connectivity index (χ2n) is 4.21. The van der Waals surface area contributed by atoms with Crippen molar-refractivity contribution >= 4 is 5.84 Å². The van der Waals surface area contributed by atoms with E-state index in [0.29, 0.717) is 24.7 Å². The van der Waals surface area contributed by atoms with Gasteiger partial charge in [-0.2, -0.15) is 0 Å². The minimum Gasteiger partial charge on any atom is -0.444 e. The van der Waals surface area contributed by atoms with E-state index in [4.69, 9.17) is 15.4 Å². The lowest BCUT2D eigenvalue weighted by atomic mass is 10.2. The van der Waals surface area contributed by atoms with Gasteiger partial charge < -0.3 is 20.7 Å². The predicted octanol–water partition coefficient (Wildman–Crippen LogP) is 1.02. The molecule has 0 fully saturated rings. The van der Waals surface area contributed by atoms with Crippen LogP contribution in [0, 0.1) is 0 Å². The van der Waals surface area contributed by atoms with Gasteiger partial charge in [0.15, 0.2) is 5.84 Å². The number of nitrogens with two attached hydrogens (primary N) is 1. The molecule has 2 aromatic rings. The first kappa shape index (κ1) is 14.0. The number of nitrogens with one attached hydrogen (secondary N) is 1. The van der Waals surface area contributed by atoms with Crippen molar-refractivity contribution in [3.05, 3.63) is 47.4 Å². The fourth-order valence-electron chi connectivity index (χ4n) is 1.68. The number of hydrogen-bond acceptors (Lipinski definition) is 6. The standard InChI is InChI=1S/C13H17N5O2/c1-2-10-7-17-12(20-10)8-15-6-9-3-4-16-11(5-9)13(14)18-19/h3-5,7,15,19H,2,6,8H2,1H3,(H2,14,18). The third-order valence-corrected chi connectivity index (χ3v) is 2.75. The maximum Gasteiger partial charge on any atom is 0.208 e. The average Bonchev–Trinajstić information content (AvgIpc) is 2.95. The molecule has 0 unspecified atom stereocenters. The third kappa shape index (κ3) is 3.55. The molecule has 0 radical (unpaired) electrons. The minimum absolute atomic E-state index is 0.00728. The van der Waals surface area contributed by atoms with Gasteiger partial charge in [0.2, 0.25) is 5.89 Å². The van der Waals surface area contributed by atoms with Crippen LogP contribution in [0.3, 0.4) is 0 Å². The summed E-state index contributed by atoms with van der Waals surface area (Å²) in [5, 5.41) is 14.8. The van der Waals surface area contributed by atoms with Crippen molar-refractivity contribution in [3.63, 3.8) is 0 Å². The maximum atomic E-state index is 8.62. The molecular weight excluding hydrogens is 258 g/mol. The quantitative estimate of drug-likeness (QED) is 0.314. The zero-order valence-electron chi connectivity index (χ0n) is 11.2. The van der Waals surface area contributed by atoms with E-state index in [9.17, 15) is 0 Å². The first-order valence-corrected chi connectivity index (χ1v) is 6.30. The summed E-state index contributed by atoms with van der Waals surface area (Å²) in [6.07, 6.45) is 4.19. The van der Waals surface area contributed by atoms with E-state index in [1.807, 2.05) is 13.0 Å². The first-order valence-electron chi connectivity index (χ1n) is 6.30. The highest BCUT2D eigenvalue weighted by atomic mass is 16.4. The van der Waals surface area contributed by atoms with Gasteiger partial charge >= 0.3 is 0 Å². The number of aryl methyl sites for hydroxylation is 1. The molecule has 106 valence electrons. The van der Waals surface area contributed by atoms with Crippen LogP contribution in [-0.2, 0) is 19.5 Å². The van der Waals surface area contributed by atoms with Crippen molar-refractivity contribution in [2.45, 2.75) is 26.4 Å². The molecule has 0 bridgehead atoms. The van der Waals surface area contributed by atoms with Crippen molar-refractivity contribution in [3.8, 4) is 0 Å².